The molecular weight excluding hydrogens is 345 g/mol. The van der Waals surface area contributed by atoms with Crippen molar-refractivity contribution in [3.8, 4) is 22.6 Å². The summed E-state index contributed by atoms with van der Waals surface area (Å²) >= 11 is 0. The van der Waals surface area contributed by atoms with Crippen molar-refractivity contribution in [2.75, 3.05) is 7.11 Å². The predicted molar refractivity (Wildman–Crippen MR) is 104 cm³/mol. The molecule has 4 aromatic rings. The number of fused-ring (bicyclic) bond motifs is 1. The fourth-order valence-electron chi connectivity index (χ4n) is 2.92. The smallest absolute Gasteiger partial charge is 0.228 e. The normalized spacial score (nSPS) is 11.3. The van der Waals surface area contributed by atoms with Crippen LogP contribution in [0.5, 0.6) is 11.5 Å². The topological polar surface area (TPSA) is 55.0 Å². The van der Waals surface area contributed by atoms with Gasteiger partial charge in [-0.1, -0.05) is 30.3 Å². The first-order valence-electron chi connectivity index (χ1n) is 8.34. The Hall–Kier alpha value is -3.60. The Morgan fingerprint density at radius 2 is 1.74 bits per heavy atom. The van der Waals surface area contributed by atoms with Crippen LogP contribution >= 0.6 is 0 Å². The lowest BCUT2D eigenvalue weighted by Gasteiger charge is -2.04. The molecule has 0 fully saturated rings. The molecule has 27 heavy (non-hydrogen) atoms. The van der Waals surface area contributed by atoms with E-state index in [0.717, 1.165) is 16.9 Å². The first-order valence-corrected chi connectivity index (χ1v) is 8.34. The standard InChI is InChI=1S/C22H16FNO3/c1-26-17-11-7-15(8-12-17)20-21-18(25)3-2-4-19(21)27-22(20)24-13-14-5-9-16(23)10-6-14/h2-13,25H,1H3. The van der Waals surface area contributed by atoms with E-state index in [0.29, 0.717) is 22.4 Å². The molecule has 1 N–H and O–H groups in total. The number of phenols is 1. The van der Waals surface area contributed by atoms with Gasteiger partial charge in [0.2, 0.25) is 5.88 Å². The second kappa shape index (κ2) is 6.96. The zero-order chi connectivity index (χ0) is 18.8. The molecule has 134 valence electrons. The van der Waals surface area contributed by atoms with Crippen LogP contribution in [0.4, 0.5) is 10.3 Å². The van der Waals surface area contributed by atoms with Crippen LogP contribution in [0.1, 0.15) is 5.56 Å². The van der Waals surface area contributed by atoms with Gasteiger partial charge in [-0.25, -0.2) is 9.38 Å². The molecule has 0 aliphatic rings. The van der Waals surface area contributed by atoms with Gasteiger partial charge in [0, 0.05) is 6.21 Å². The van der Waals surface area contributed by atoms with Gasteiger partial charge in [-0.3, -0.25) is 0 Å². The SMILES string of the molecule is COc1ccc(-c2c(N=Cc3ccc(F)cc3)oc3cccc(O)c23)cc1. The molecule has 0 radical (unpaired) electrons. The van der Waals surface area contributed by atoms with Crippen molar-refractivity contribution in [2.45, 2.75) is 0 Å². The number of halogens is 1. The van der Waals surface area contributed by atoms with Gasteiger partial charge >= 0.3 is 0 Å². The van der Waals surface area contributed by atoms with Crippen molar-refractivity contribution in [3.63, 3.8) is 0 Å². The van der Waals surface area contributed by atoms with E-state index in [1.54, 1.807) is 43.7 Å². The highest BCUT2D eigenvalue weighted by Gasteiger charge is 2.18. The van der Waals surface area contributed by atoms with Crippen LogP contribution in [-0.2, 0) is 0 Å². The number of hydrogen-bond donors (Lipinski definition) is 1. The molecule has 4 rings (SSSR count). The minimum atomic E-state index is -0.306. The molecule has 4 nitrogen and oxygen atoms in total. The van der Waals surface area contributed by atoms with Gasteiger partial charge in [-0.05, 0) is 47.5 Å². The minimum Gasteiger partial charge on any atom is -0.507 e. The summed E-state index contributed by atoms with van der Waals surface area (Å²) in [4.78, 5) is 4.45. The van der Waals surface area contributed by atoms with E-state index in [2.05, 4.69) is 4.99 Å². The molecule has 0 unspecified atom stereocenters. The van der Waals surface area contributed by atoms with Crippen molar-refractivity contribution in [2.24, 2.45) is 4.99 Å². The highest BCUT2D eigenvalue weighted by atomic mass is 19.1. The number of rotatable bonds is 4. The van der Waals surface area contributed by atoms with Crippen LogP contribution in [0, 0.1) is 5.82 Å². The number of furan rings is 1. The van der Waals surface area contributed by atoms with Gasteiger partial charge in [-0.2, -0.15) is 0 Å². The largest absolute Gasteiger partial charge is 0.507 e. The summed E-state index contributed by atoms with van der Waals surface area (Å²) in [6.07, 6.45) is 1.60. The van der Waals surface area contributed by atoms with Crippen LogP contribution in [0.2, 0.25) is 0 Å². The average molecular weight is 361 g/mol. The van der Waals surface area contributed by atoms with Gasteiger partial charge in [0.15, 0.2) is 0 Å². The first-order chi connectivity index (χ1) is 13.2. The lowest BCUT2D eigenvalue weighted by Crippen LogP contribution is -1.83. The first kappa shape index (κ1) is 16.8. The summed E-state index contributed by atoms with van der Waals surface area (Å²) < 4.78 is 24.2. The van der Waals surface area contributed by atoms with Crippen molar-refractivity contribution < 1.29 is 18.7 Å². The zero-order valence-corrected chi connectivity index (χ0v) is 14.5. The Balaban J connectivity index is 1.86. The fraction of sp³-hybridized carbons (Fsp3) is 0.0455. The molecule has 0 aliphatic carbocycles. The maximum absolute atomic E-state index is 13.1. The average Bonchev–Trinajstić information content (AvgIpc) is 3.07. The third kappa shape index (κ3) is 3.27. The Morgan fingerprint density at radius 3 is 2.44 bits per heavy atom. The van der Waals surface area contributed by atoms with Crippen LogP contribution < -0.4 is 4.74 Å². The summed E-state index contributed by atoms with van der Waals surface area (Å²) in [5.74, 6) is 0.901. The summed E-state index contributed by atoms with van der Waals surface area (Å²) in [6.45, 7) is 0. The number of aliphatic imine (C=N–C) groups is 1. The lowest BCUT2D eigenvalue weighted by molar-refractivity contribution is 0.415. The Bertz CT molecular complexity index is 1110. The summed E-state index contributed by atoms with van der Waals surface area (Å²) in [5.41, 5.74) is 2.79. The Morgan fingerprint density at radius 1 is 1.00 bits per heavy atom. The van der Waals surface area contributed by atoms with Gasteiger partial charge in [0.1, 0.15) is 22.9 Å². The summed E-state index contributed by atoms with van der Waals surface area (Å²) in [7, 11) is 1.60. The predicted octanol–water partition coefficient (Wildman–Crippen LogP) is 5.70. The number of ether oxygens (including phenoxy) is 1. The zero-order valence-electron chi connectivity index (χ0n) is 14.5. The van der Waals surface area contributed by atoms with E-state index in [1.165, 1.54) is 12.1 Å². The van der Waals surface area contributed by atoms with Crippen LogP contribution in [-0.4, -0.2) is 18.4 Å². The third-order valence-corrected chi connectivity index (χ3v) is 4.25. The molecule has 1 aromatic heterocycles. The number of phenolic OH excluding ortho intramolecular Hbond substituents is 1. The minimum absolute atomic E-state index is 0.116. The lowest BCUT2D eigenvalue weighted by atomic mass is 10.0. The van der Waals surface area contributed by atoms with Gasteiger partial charge < -0.3 is 14.3 Å². The number of aromatic hydroxyl groups is 1. The van der Waals surface area contributed by atoms with Gasteiger partial charge in [0.25, 0.3) is 0 Å². The second-order valence-electron chi connectivity index (χ2n) is 5.97. The van der Waals surface area contributed by atoms with Crippen molar-refractivity contribution in [1.82, 2.24) is 0 Å². The van der Waals surface area contributed by atoms with E-state index in [4.69, 9.17) is 9.15 Å². The molecule has 0 aliphatic heterocycles. The van der Waals surface area contributed by atoms with Gasteiger partial charge in [0.05, 0.1) is 18.1 Å². The van der Waals surface area contributed by atoms with Crippen molar-refractivity contribution in [3.05, 3.63) is 78.1 Å². The molecule has 0 atom stereocenters. The van der Waals surface area contributed by atoms with E-state index in [9.17, 15) is 9.50 Å². The van der Waals surface area contributed by atoms with E-state index >= 15 is 0 Å². The quantitative estimate of drug-likeness (QED) is 0.474. The fourth-order valence-corrected chi connectivity index (χ4v) is 2.92. The van der Waals surface area contributed by atoms with Crippen molar-refractivity contribution >= 4 is 23.1 Å². The summed E-state index contributed by atoms with van der Waals surface area (Å²) in [5, 5.41) is 11.0. The van der Waals surface area contributed by atoms with Crippen LogP contribution in [0.15, 0.2) is 76.1 Å². The third-order valence-electron chi connectivity index (χ3n) is 4.25. The molecule has 0 amide bonds. The highest BCUT2D eigenvalue weighted by molar-refractivity contribution is 6.04. The molecule has 5 heteroatoms. The number of methoxy groups -OCH3 is 1. The molecule has 3 aromatic carbocycles. The molecule has 0 saturated carbocycles. The Kier molecular flexibility index (Phi) is 4.34. The van der Waals surface area contributed by atoms with E-state index in [-0.39, 0.29) is 11.6 Å². The van der Waals surface area contributed by atoms with Crippen LogP contribution in [0.25, 0.3) is 22.1 Å². The van der Waals surface area contributed by atoms with Gasteiger partial charge in [-0.15, -0.1) is 0 Å². The van der Waals surface area contributed by atoms with E-state index in [1.807, 2.05) is 24.3 Å². The maximum Gasteiger partial charge on any atom is 0.228 e. The number of nitrogens with zero attached hydrogens (tertiary/aromatic N) is 1. The molecule has 0 bridgehead atoms. The monoisotopic (exact) mass is 361 g/mol. The molecular formula is C22H16FNO3. The Labute approximate surface area is 155 Å². The second-order valence-corrected chi connectivity index (χ2v) is 5.97. The molecule has 0 spiro atoms. The maximum atomic E-state index is 13.1. The molecule has 1 heterocycles. The highest BCUT2D eigenvalue weighted by Crippen LogP contribution is 2.44. The number of benzene rings is 3. The van der Waals surface area contributed by atoms with Crippen LogP contribution in [0.3, 0.4) is 0 Å². The van der Waals surface area contributed by atoms with Crippen molar-refractivity contribution in [1.29, 1.82) is 0 Å². The van der Waals surface area contributed by atoms with E-state index < -0.39 is 0 Å². The summed E-state index contributed by atoms with van der Waals surface area (Å²) in [6, 6.07) is 18.5. The number of hydrogen-bond acceptors (Lipinski definition) is 4. The molecule has 0 saturated heterocycles.